The summed E-state index contributed by atoms with van der Waals surface area (Å²) in [6.45, 7) is 0. The Morgan fingerprint density at radius 3 is 1.00 bits per heavy atom. The molecule has 0 radical (unpaired) electrons. The molecule has 0 aromatic carbocycles. The number of hydrogen-bond donors (Lipinski definition) is 4. The summed E-state index contributed by atoms with van der Waals surface area (Å²) >= 11 is 0. The molecule has 0 saturated carbocycles. The first-order valence-corrected chi connectivity index (χ1v) is 2.30. The fourth-order valence-corrected chi connectivity index (χ4v) is 0. The summed E-state index contributed by atoms with van der Waals surface area (Å²) < 4.78 is 31.6. The second-order valence-corrected chi connectivity index (χ2v) is 1.34. The van der Waals surface area contributed by atoms with E-state index in [4.69, 9.17) is 28.0 Å². The average molecular weight is 228 g/mol. The van der Waals surface area contributed by atoms with Crippen molar-refractivity contribution in [1.29, 1.82) is 0 Å². The van der Waals surface area contributed by atoms with E-state index in [9.17, 15) is 0 Å². The molecule has 0 amide bonds. The van der Waals surface area contributed by atoms with Crippen LogP contribution in [0.15, 0.2) is 0 Å². The molecule has 0 saturated heterocycles. The molecule has 0 unspecified atom stereocenters. The van der Waals surface area contributed by atoms with E-state index < -0.39 is 10.4 Å². The van der Waals surface area contributed by atoms with Crippen LogP contribution >= 0.6 is 0 Å². The molecule has 0 aromatic heterocycles. The fraction of sp³-hybridized carbons (Fsp3) is 0. The van der Waals surface area contributed by atoms with E-state index in [0.717, 1.165) is 0 Å². The molecule has 8 heteroatoms. The van der Waals surface area contributed by atoms with Crippen LogP contribution in [0, 0.1) is 0 Å². The topological polar surface area (TPSA) is 115 Å². The summed E-state index contributed by atoms with van der Waals surface area (Å²) in [7, 11) is -4.67. The molecule has 0 atom stereocenters. The maximum absolute atomic E-state index is 8.74. The molecule has 0 aliphatic heterocycles. The Bertz CT molecular complexity index is 91.7. The van der Waals surface area contributed by atoms with E-state index in [1.807, 2.05) is 0 Å². The molecule has 0 rings (SSSR count). The van der Waals surface area contributed by atoms with Gasteiger partial charge in [-0.3, -0.25) is 19.6 Å². The van der Waals surface area contributed by atoms with Crippen LogP contribution in [-0.4, -0.2) is 28.0 Å². The molecule has 0 heterocycles. The van der Waals surface area contributed by atoms with Gasteiger partial charge in [-0.2, -0.15) is 8.42 Å². The molecule has 0 aromatic rings. The Kier molecular flexibility index (Phi) is 14.8. The van der Waals surface area contributed by atoms with Gasteiger partial charge in [-0.15, -0.1) is 0 Å². The smallest absolute Gasteiger partial charge is 0.264 e. The van der Waals surface area contributed by atoms with Crippen LogP contribution in [-0.2, 0) is 31.5 Å². The summed E-state index contributed by atoms with van der Waals surface area (Å²) in [5, 5.41) is 12.0. The van der Waals surface area contributed by atoms with Gasteiger partial charge in [-0.05, 0) is 0 Å². The average Bonchev–Trinajstić information content (AvgIpc) is 1.36. The van der Waals surface area contributed by atoms with Crippen molar-refractivity contribution in [2.45, 2.75) is 0 Å². The predicted molar refractivity (Wildman–Crippen MR) is 19.4 cm³/mol. The van der Waals surface area contributed by atoms with Crippen LogP contribution in [0.2, 0.25) is 0 Å². The maximum atomic E-state index is 8.74. The van der Waals surface area contributed by atoms with Gasteiger partial charge in [0.05, 0.1) is 0 Å². The zero-order valence-corrected chi connectivity index (χ0v) is 6.25. The van der Waals surface area contributed by atoms with Crippen LogP contribution < -0.4 is 0 Å². The molecule has 8 heavy (non-hydrogen) atoms. The van der Waals surface area contributed by atoms with Crippen molar-refractivity contribution >= 4 is 10.4 Å². The summed E-state index contributed by atoms with van der Waals surface area (Å²) in [6.07, 6.45) is 0. The molecule has 0 spiro atoms. The minimum Gasteiger partial charge on any atom is -0.264 e. The van der Waals surface area contributed by atoms with Gasteiger partial charge in [0.15, 0.2) is 0 Å². The third-order valence-corrected chi connectivity index (χ3v) is 0. The number of rotatable bonds is 0. The largest absolute Gasteiger partial charge is 0.394 e. The van der Waals surface area contributed by atoms with Gasteiger partial charge in [0.2, 0.25) is 0 Å². The predicted octanol–water partition coefficient (Wildman–Crippen LogP) is -0.638. The zero-order chi connectivity index (χ0) is 6.50. The molecular formula is H4MoO6S. The summed E-state index contributed by atoms with van der Waals surface area (Å²) in [5.41, 5.74) is 0. The molecule has 0 aliphatic rings. The molecule has 52 valence electrons. The Labute approximate surface area is 59.9 Å². The van der Waals surface area contributed by atoms with Crippen molar-refractivity contribution in [2.24, 2.45) is 0 Å². The van der Waals surface area contributed by atoms with E-state index in [1.54, 1.807) is 0 Å². The van der Waals surface area contributed by atoms with Crippen LogP contribution in [0.3, 0.4) is 0 Å². The van der Waals surface area contributed by atoms with E-state index in [-0.39, 0.29) is 21.1 Å². The van der Waals surface area contributed by atoms with Crippen molar-refractivity contribution < 1.29 is 49.1 Å². The second kappa shape index (κ2) is 7.48. The Morgan fingerprint density at radius 1 is 1.00 bits per heavy atom. The number of hydrogen-bond acceptors (Lipinski definition) is 4. The van der Waals surface area contributed by atoms with Crippen LogP contribution in [0.5, 0.6) is 0 Å². The van der Waals surface area contributed by atoms with E-state index >= 15 is 0 Å². The second-order valence-electron chi connectivity index (χ2n) is 0.448. The Hall–Kier alpha value is 0.478. The first kappa shape index (κ1) is 15.8. The standard InChI is InChI=1S/Mo.H2O4S.H2O2/c;1-5(2,3)4;1-2/h;(H2,1,2,3,4);1-2H. The normalized spacial score (nSPS) is 8.00. The van der Waals surface area contributed by atoms with Gasteiger partial charge in [-0.25, -0.2) is 0 Å². The van der Waals surface area contributed by atoms with Gasteiger partial charge in [0, 0.05) is 21.1 Å². The van der Waals surface area contributed by atoms with Gasteiger partial charge in [0.25, 0.3) is 0 Å². The van der Waals surface area contributed by atoms with Crippen molar-refractivity contribution in [3.05, 3.63) is 0 Å². The van der Waals surface area contributed by atoms with E-state index in [1.165, 1.54) is 0 Å². The third kappa shape index (κ3) is 850. The van der Waals surface area contributed by atoms with E-state index in [2.05, 4.69) is 0 Å². The first-order chi connectivity index (χ1) is 3.00. The van der Waals surface area contributed by atoms with Gasteiger partial charge < -0.3 is 0 Å². The van der Waals surface area contributed by atoms with Crippen molar-refractivity contribution in [3.63, 3.8) is 0 Å². The Balaban J connectivity index is -0.0000000750. The molecule has 6 nitrogen and oxygen atoms in total. The minimum atomic E-state index is -4.67. The van der Waals surface area contributed by atoms with Gasteiger partial charge in [-0.1, -0.05) is 0 Å². The quantitative estimate of drug-likeness (QED) is 0.190. The van der Waals surface area contributed by atoms with Crippen molar-refractivity contribution in [3.8, 4) is 0 Å². The molecular weight excluding hydrogens is 224 g/mol. The van der Waals surface area contributed by atoms with Gasteiger partial charge in [0.1, 0.15) is 0 Å². The van der Waals surface area contributed by atoms with Crippen LogP contribution in [0.25, 0.3) is 0 Å². The zero-order valence-electron chi connectivity index (χ0n) is 3.42. The molecule has 4 N–H and O–H groups in total. The van der Waals surface area contributed by atoms with E-state index in [0.29, 0.717) is 0 Å². The minimum absolute atomic E-state index is 0. The SMILES string of the molecule is O=S(=O)(O)O.OO.[Mo]. The summed E-state index contributed by atoms with van der Waals surface area (Å²) in [6, 6.07) is 0. The fourth-order valence-electron chi connectivity index (χ4n) is 0. The Morgan fingerprint density at radius 2 is 1.00 bits per heavy atom. The van der Waals surface area contributed by atoms with Crippen LogP contribution in [0.4, 0.5) is 0 Å². The molecule has 0 fully saturated rings. The summed E-state index contributed by atoms with van der Waals surface area (Å²) in [5.74, 6) is 0. The molecule has 0 aliphatic carbocycles. The third-order valence-electron chi connectivity index (χ3n) is 0. The maximum Gasteiger partial charge on any atom is 0.394 e. The van der Waals surface area contributed by atoms with Crippen LogP contribution in [0.1, 0.15) is 0 Å². The van der Waals surface area contributed by atoms with Crippen molar-refractivity contribution in [1.82, 2.24) is 0 Å². The first-order valence-electron chi connectivity index (χ1n) is 0.898. The summed E-state index contributed by atoms with van der Waals surface area (Å²) in [4.78, 5) is 0. The molecule has 0 bridgehead atoms. The van der Waals surface area contributed by atoms with Crippen molar-refractivity contribution in [2.75, 3.05) is 0 Å². The monoisotopic (exact) mass is 230 g/mol. The van der Waals surface area contributed by atoms with Gasteiger partial charge >= 0.3 is 10.4 Å².